The zero-order valence-electron chi connectivity index (χ0n) is 9.79. The van der Waals surface area contributed by atoms with E-state index in [0.717, 1.165) is 10.1 Å². The van der Waals surface area contributed by atoms with Crippen molar-refractivity contribution >= 4 is 25.8 Å². The van der Waals surface area contributed by atoms with Gasteiger partial charge in [0.1, 0.15) is 0 Å². The third-order valence-corrected chi connectivity index (χ3v) is 3.65. The molecule has 3 nitrogen and oxygen atoms in total. The normalized spacial score (nSPS) is 10.3. The molecule has 0 N–H and O–H groups in total. The van der Waals surface area contributed by atoms with Gasteiger partial charge in [0.2, 0.25) is 0 Å². The molecule has 0 radical (unpaired) electrons. The first kappa shape index (κ1) is 12.7. The minimum absolute atomic E-state index is 0.0497. The molecule has 0 heterocycles. The zero-order valence-corrected chi connectivity index (χ0v) is 11.7. The monoisotopic (exact) mass is 302 g/mol. The van der Waals surface area contributed by atoms with E-state index in [1.807, 2.05) is 0 Å². The first-order chi connectivity index (χ1) is 8.74. The number of hydrogen-bond acceptors (Lipinski definition) is 3. The molecule has 0 aliphatic heterocycles. The molecule has 0 bridgehead atoms. The molecule has 18 heavy (non-hydrogen) atoms. The van der Waals surface area contributed by atoms with Crippen molar-refractivity contribution in [2.45, 2.75) is 0 Å². The fourth-order valence-electron chi connectivity index (χ4n) is 1.58. The van der Waals surface area contributed by atoms with Crippen LogP contribution < -0.4 is 9.09 Å². The van der Waals surface area contributed by atoms with Crippen LogP contribution in [0.4, 0.5) is 0 Å². The molecule has 0 aliphatic carbocycles. The van der Waals surface area contributed by atoms with E-state index >= 15 is 0 Å². The second kappa shape index (κ2) is 5.74. The van der Waals surface area contributed by atoms with Crippen LogP contribution in [0.3, 0.4) is 0 Å². The Bertz CT molecular complexity index is 559. The van der Waals surface area contributed by atoms with Crippen LogP contribution in [-0.4, -0.2) is 28.6 Å². The van der Waals surface area contributed by atoms with Gasteiger partial charge in [0.15, 0.2) is 0 Å². The average molecular weight is 302 g/mol. The van der Waals surface area contributed by atoms with E-state index in [-0.39, 0.29) is 5.78 Å². The van der Waals surface area contributed by atoms with E-state index in [1.165, 1.54) is 0 Å². The van der Waals surface area contributed by atoms with Gasteiger partial charge in [0.25, 0.3) is 0 Å². The number of hydrogen-bond donors (Lipinski definition) is 0. The molecule has 0 unspecified atom stereocenters. The second-order valence-corrected chi connectivity index (χ2v) is 5.16. The summed E-state index contributed by atoms with van der Waals surface area (Å²) in [6.07, 6.45) is 0. The van der Waals surface area contributed by atoms with Gasteiger partial charge in [0, 0.05) is 0 Å². The fraction of sp³-hybridized carbons (Fsp3) is 0.0714. The number of carbonyl (C=O) groups excluding carboxylic acids is 1. The van der Waals surface area contributed by atoms with Crippen molar-refractivity contribution in [1.29, 1.82) is 0 Å². The number of ether oxygens (including phenoxy) is 1. The number of benzene rings is 2. The summed E-state index contributed by atoms with van der Waals surface area (Å²) in [5.41, 5.74) is 1.21. The van der Waals surface area contributed by atoms with Crippen molar-refractivity contribution in [1.82, 2.24) is 0 Å². The topological polar surface area (TPSA) is 43.4 Å². The average Bonchev–Trinajstić information content (AvgIpc) is 2.47. The molecule has 0 saturated carbocycles. The van der Waals surface area contributed by atoms with Crippen molar-refractivity contribution in [2.24, 2.45) is 0 Å². The van der Waals surface area contributed by atoms with Crippen molar-refractivity contribution in [3.05, 3.63) is 59.7 Å². The summed E-state index contributed by atoms with van der Waals surface area (Å²) < 4.78 is 16.6. The van der Waals surface area contributed by atoms with Gasteiger partial charge in [-0.3, -0.25) is 0 Å². The van der Waals surface area contributed by atoms with Gasteiger partial charge in [-0.15, -0.1) is 0 Å². The molecule has 2 aromatic carbocycles. The molecule has 2 aromatic rings. The number of rotatable bonds is 4. The SMILES string of the molecule is COc1ccc(C(=O)c2ccc([As]=O)cc2)cc1. The van der Waals surface area contributed by atoms with Crippen molar-refractivity contribution in [3.8, 4) is 5.75 Å². The molecular weight excluding hydrogens is 291 g/mol. The van der Waals surface area contributed by atoms with E-state index < -0.39 is 15.7 Å². The van der Waals surface area contributed by atoms with Crippen LogP contribution in [-0.2, 0) is 3.74 Å². The van der Waals surface area contributed by atoms with Gasteiger partial charge in [-0.05, 0) is 0 Å². The Kier molecular flexibility index (Phi) is 4.06. The van der Waals surface area contributed by atoms with E-state index in [4.69, 9.17) is 4.74 Å². The molecule has 0 fully saturated rings. The van der Waals surface area contributed by atoms with E-state index in [2.05, 4.69) is 0 Å². The van der Waals surface area contributed by atoms with Gasteiger partial charge in [-0.1, -0.05) is 0 Å². The van der Waals surface area contributed by atoms with Crippen LogP contribution in [0.2, 0.25) is 0 Å². The van der Waals surface area contributed by atoms with Crippen LogP contribution >= 0.6 is 0 Å². The summed E-state index contributed by atoms with van der Waals surface area (Å²) in [4.78, 5) is 12.1. The van der Waals surface area contributed by atoms with Gasteiger partial charge in [-0.25, -0.2) is 0 Å². The Morgan fingerprint density at radius 1 is 0.944 bits per heavy atom. The summed E-state index contributed by atoms with van der Waals surface area (Å²) in [6, 6.07) is 13.8. The summed E-state index contributed by atoms with van der Waals surface area (Å²) in [5, 5.41) is 0. The van der Waals surface area contributed by atoms with Gasteiger partial charge >= 0.3 is 112 Å². The minimum atomic E-state index is -1.03. The van der Waals surface area contributed by atoms with Crippen molar-refractivity contribution in [2.75, 3.05) is 7.11 Å². The predicted molar refractivity (Wildman–Crippen MR) is 68.9 cm³/mol. The Morgan fingerprint density at radius 2 is 1.44 bits per heavy atom. The molecule has 2 rings (SSSR count). The Hall–Kier alpha value is -1.73. The Morgan fingerprint density at radius 3 is 1.89 bits per heavy atom. The summed E-state index contributed by atoms with van der Waals surface area (Å²) in [7, 11) is 1.58. The second-order valence-electron chi connectivity index (χ2n) is 3.70. The third-order valence-electron chi connectivity index (χ3n) is 2.59. The van der Waals surface area contributed by atoms with Crippen LogP contribution in [0.15, 0.2) is 48.5 Å². The third kappa shape index (κ3) is 2.74. The standard InChI is InChI=1S/C14H11AsO3/c1-18-13-8-4-11(5-9-13)14(16)10-2-6-12(15-17)7-3-10/h2-9H,1H3. The van der Waals surface area contributed by atoms with Crippen LogP contribution in [0.25, 0.3) is 0 Å². The maximum atomic E-state index is 12.1. The Labute approximate surface area is 112 Å². The zero-order chi connectivity index (χ0) is 13.0. The summed E-state index contributed by atoms with van der Waals surface area (Å²) in [6.45, 7) is 0. The maximum absolute atomic E-state index is 12.1. The molecular formula is C14H11AsO3. The molecule has 0 atom stereocenters. The van der Waals surface area contributed by atoms with Crippen LogP contribution in [0.1, 0.15) is 15.9 Å². The predicted octanol–water partition coefficient (Wildman–Crippen LogP) is 1.60. The van der Waals surface area contributed by atoms with Crippen LogP contribution in [0.5, 0.6) is 5.75 Å². The Balaban J connectivity index is 2.26. The molecule has 0 aliphatic rings. The number of carbonyl (C=O) groups is 1. The van der Waals surface area contributed by atoms with Crippen molar-refractivity contribution < 1.29 is 13.3 Å². The molecule has 0 saturated heterocycles. The fourth-order valence-corrected chi connectivity index (χ4v) is 2.15. The van der Waals surface area contributed by atoms with Gasteiger partial charge < -0.3 is 0 Å². The van der Waals surface area contributed by atoms with Crippen LogP contribution in [0, 0.1) is 0 Å². The molecule has 4 heteroatoms. The van der Waals surface area contributed by atoms with Gasteiger partial charge in [-0.2, -0.15) is 0 Å². The molecule has 90 valence electrons. The number of ketones is 1. The van der Waals surface area contributed by atoms with E-state index in [9.17, 15) is 8.53 Å². The summed E-state index contributed by atoms with van der Waals surface area (Å²) in [5.74, 6) is 0.670. The molecule has 0 spiro atoms. The quantitative estimate of drug-likeness (QED) is 0.636. The summed E-state index contributed by atoms with van der Waals surface area (Å²) >= 11 is -1.03. The van der Waals surface area contributed by atoms with Gasteiger partial charge in [0.05, 0.1) is 0 Å². The van der Waals surface area contributed by atoms with Crippen molar-refractivity contribution in [3.63, 3.8) is 0 Å². The number of methoxy groups -OCH3 is 1. The van der Waals surface area contributed by atoms with E-state index in [1.54, 1.807) is 55.6 Å². The molecule has 0 amide bonds. The molecule has 0 aromatic heterocycles. The van der Waals surface area contributed by atoms with E-state index in [0.29, 0.717) is 11.1 Å². The first-order valence-electron chi connectivity index (χ1n) is 5.37. The first-order valence-corrected chi connectivity index (χ1v) is 7.07.